The van der Waals surface area contributed by atoms with Gasteiger partial charge in [0.25, 0.3) is 5.91 Å². The third-order valence-corrected chi connectivity index (χ3v) is 4.25. The van der Waals surface area contributed by atoms with E-state index in [9.17, 15) is 10.1 Å². The lowest BCUT2D eigenvalue weighted by atomic mass is 9.86. The molecule has 1 aromatic rings. The summed E-state index contributed by atoms with van der Waals surface area (Å²) < 4.78 is 0. The highest BCUT2D eigenvalue weighted by atomic mass is 16.2. The van der Waals surface area contributed by atoms with Crippen LogP contribution in [0.3, 0.4) is 0 Å². The molecule has 128 valence electrons. The number of carbonyl (C=O) groups excluding carboxylic acids is 1. The zero-order valence-corrected chi connectivity index (χ0v) is 15.0. The van der Waals surface area contributed by atoms with Crippen molar-refractivity contribution < 1.29 is 4.79 Å². The number of para-hydroxylation sites is 1. The minimum atomic E-state index is -0.202. The first-order valence-corrected chi connectivity index (χ1v) is 8.27. The zero-order valence-electron chi connectivity index (χ0n) is 15.0. The monoisotopic (exact) mass is 326 g/mol. The average molecular weight is 326 g/mol. The molecule has 1 aliphatic heterocycles. The summed E-state index contributed by atoms with van der Waals surface area (Å²) >= 11 is 0. The number of carbonyl (C=O) groups is 1. The number of amides is 1. The third-order valence-electron chi connectivity index (χ3n) is 4.25. The van der Waals surface area contributed by atoms with E-state index in [0.29, 0.717) is 13.1 Å². The Bertz CT molecular complexity index is 659. The Labute approximate surface area is 144 Å². The summed E-state index contributed by atoms with van der Waals surface area (Å²) in [5.41, 5.74) is 2.18. The Hall–Kier alpha value is -2.32. The Morgan fingerprint density at radius 3 is 2.42 bits per heavy atom. The van der Waals surface area contributed by atoms with Gasteiger partial charge in [-0.3, -0.25) is 4.79 Å². The van der Waals surface area contributed by atoms with Gasteiger partial charge >= 0.3 is 0 Å². The molecule has 5 nitrogen and oxygen atoms in total. The van der Waals surface area contributed by atoms with Crippen molar-refractivity contribution in [1.82, 2.24) is 9.80 Å². The Kier molecular flexibility index (Phi) is 5.63. The van der Waals surface area contributed by atoms with Gasteiger partial charge in [-0.25, -0.2) is 0 Å². The highest BCUT2D eigenvalue weighted by Crippen LogP contribution is 2.29. The van der Waals surface area contributed by atoms with E-state index < -0.39 is 0 Å². The van der Waals surface area contributed by atoms with Crippen LogP contribution in [0.15, 0.2) is 36.0 Å². The minimum Gasteiger partial charge on any atom is -0.360 e. The first-order valence-electron chi connectivity index (χ1n) is 8.27. The van der Waals surface area contributed by atoms with Crippen molar-refractivity contribution in [3.05, 3.63) is 41.6 Å². The van der Waals surface area contributed by atoms with E-state index in [0.717, 1.165) is 24.3 Å². The van der Waals surface area contributed by atoms with Crippen molar-refractivity contribution >= 4 is 11.6 Å². The average Bonchev–Trinajstić information content (AvgIpc) is 2.55. The smallest absolute Gasteiger partial charge is 0.266 e. The molecule has 0 aromatic heterocycles. The molecule has 2 rings (SSSR count). The molecule has 1 amide bonds. The van der Waals surface area contributed by atoms with Crippen LogP contribution < -0.4 is 5.32 Å². The maximum atomic E-state index is 12.5. The summed E-state index contributed by atoms with van der Waals surface area (Å²) in [7, 11) is 2.04. The number of benzene rings is 1. The lowest BCUT2D eigenvalue weighted by molar-refractivity contribution is -0.128. The van der Waals surface area contributed by atoms with Gasteiger partial charge in [0.2, 0.25) is 0 Å². The van der Waals surface area contributed by atoms with Crippen LogP contribution in [-0.4, -0.2) is 48.9 Å². The molecule has 5 heteroatoms. The molecule has 0 saturated carbocycles. The van der Waals surface area contributed by atoms with Gasteiger partial charge in [0, 0.05) is 38.1 Å². The Balaban J connectivity index is 2.15. The fourth-order valence-electron chi connectivity index (χ4n) is 2.73. The predicted molar refractivity (Wildman–Crippen MR) is 96.5 cm³/mol. The standard InChI is InChI=1S/C19H26N4O/c1-19(2,3)16-7-5-6-8-17(16)21-14-15(13-20)18(24)23-11-9-22(4)10-12-23/h5-8,14,21H,9-12H2,1-4H3/b15-14-. The third kappa shape index (κ3) is 4.36. The first-order chi connectivity index (χ1) is 11.3. The molecule has 0 radical (unpaired) electrons. The number of nitriles is 1. The van der Waals surface area contributed by atoms with Crippen molar-refractivity contribution in [2.45, 2.75) is 26.2 Å². The van der Waals surface area contributed by atoms with Gasteiger partial charge in [-0.05, 0) is 24.1 Å². The minimum absolute atomic E-state index is 0.0221. The quantitative estimate of drug-likeness (QED) is 0.685. The van der Waals surface area contributed by atoms with E-state index in [-0.39, 0.29) is 16.9 Å². The topological polar surface area (TPSA) is 59.4 Å². The summed E-state index contributed by atoms with van der Waals surface area (Å²) in [6.07, 6.45) is 1.53. The molecule has 1 aromatic carbocycles. The molecule has 1 aliphatic rings. The van der Waals surface area contributed by atoms with Gasteiger partial charge < -0.3 is 15.1 Å². The van der Waals surface area contributed by atoms with Crippen LogP contribution in [0.4, 0.5) is 5.69 Å². The summed E-state index contributed by atoms with van der Waals surface area (Å²) in [4.78, 5) is 16.4. The number of hydrogen-bond acceptors (Lipinski definition) is 4. The molecule has 0 bridgehead atoms. The molecular formula is C19H26N4O. The fourth-order valence-corrected chi connectivity index (χ4v) is 2.73. The lowest BCUT2D eigenvalue weighted by Gasteiger charge is -2.32. The van der Waals surface area contributed by atoms with E-state index in [1.54, 1.807) is 4.90 Å². The van der Waals surface area contributed by atoms with E-state index in [4.69, 9.17) is 0 Å². The van der Waals surface area contributed by atoms with Crippen molar-refractivity contribution in [1.29, 1.82) is 5.26 Å². The Morgan fingerprint density at radius 1 is 1.21 bits per heavy atom. The number of nitrogens with zero attached hydrogens (tertiary/aromatic N) is 3. The van der Waals surface area contributed by atoms with Gasteiger partial charge in [-0.1, -0.05) is 39.0 Å². The summed E-state index contributed by atoms with van der Waals surface area (Å²) in [5.74, 6) is -0.202. The van der Waals surface area contributed by atoms with Crippen LogP contribution in [0.1, 0.15) is 26.3 Å². The molecular weight excluding hydrogens is 300 g/mol. The van der Waals surface area contributed by atoms with Crippen molar-refractivity contribution in [3.8, 4) is 6.07 Å². The highest BCUT2D eigenvalue weighted by molar-refractivity contribution is 5.97. The van der Waals surface area contributed by atoms with Crippen molar-refractivity contribution in [2.75, 3.05) is 38.5 Å². The molecule has 0 atom stereocenters. The van der Waals surface area contributed by atoms with E-state index in [1.807, 2.05) is 31.3 Å². The number of anilines is 1. The summed E-state index contributed by atoms with van der Waals surface area (Å²) in [6, 6.07) is 10.00. The summed E-state index contributed by atoms with van der Waals surface area (Å²) in [5, 5.41) is 12.5. The SMILES string of the molecule is CN1CCN(C(=O)/C(C#N)=C\Nc2ccccc2C(C)(C)C)CC1. The molecule has 0 aliphatic carbocycles. The normalized spacial score (nSPS) is 16.6. The van der Waals surface area contributed by atoms with Crippen LogP contribution in [0.5, 0.6) is 0 Å². The number of hydrogen-bond donors (Lipinski definition) is 1. The van der Waals surface area contributed by atoms with Crippen LogP contribution in [0.25, 0.3) is 0 Å². The molecule has 0 unspecified atom stereocenters. The van der Waals surface area contributed by atoms with Crippen molar-refractivity contribution in [2.24, 2.45) is 0 Å². The number of likely N-dealkylation sites (N-methyl/N-ethyl adjacent to an activating group) is 1. The maximum absolute atomic E-state index is 12.5. The number of rotatable bonds is 3. The van der Waals surface area contributed by atoms with E-state index in [2.05, 4.69) is 37.1 Å². The highest BCUT2D eigenvalue weighted by Gasteiger charge is 2.22. The number of nitrogens with one attached hydrogen (secondary N) is 1. The molecule has 1 saturated heterocycles. The van der Waals surface area contributed by atoms with Crippen LogP contribution in [-0.2, 0) is 10.2 Å². The molecule has 1 heterocycles. The van der Waals surface area contributed by atoms with Crippen LogP contribution in [0.2, 0.25) is 0 Å². The molecule has 1 fully saturated rings. The summed E-state index contributed by atoms with van der Waals surface area (Å²) in [6.45, 7) is 9.41. The zero-order chi connectivity index (χ0) is 17.7. The van der Waals surface area contributed by atoms with Gasteiger partial charge in [-0.15, -0.1) is 0 Å². The van der Waals surface area contributed by atoms with Gasteiger partial charge in [0.1, 0.15) is 11.6 Å². The van der Waals surface area contributed by atoms with Gasteiger partial charge in [0.15, 0.2) is 0 Å². The fraction of sp³-hybridized carbons (Fsp3) is 0.474. The van der Waals surface area contributed by atoms with Crippen LogP contribution in [0, 0.1) is 11.3 Å². The van der Waals surface area contributed by atoms with Gasteiger partial charge in [0.05, 0.1) is 0 Å². The second-order valence-corrected chi connectivity index (χ2v) is 7.21. The van der Waals surface area contributed by atoms with Gasteiger partial charge in [-0.2, -0.15) is 5.26 Å². The molecule has 1 N–H and O–H groups in total. The van der Waals surface area contributed by atoms with Crippen LogP contribution >= 0.6 is 0 Å². The lowest BCUT2D eigenvalue weighted by Crippen LogP contribution is -2.47. The second kappa shape index (κ2) is 7.50. The number of piperazine rings is 1. The predicted octanol–water partition coefficient (Wildman–Crippen LogP) is 2.58. The first kappa shape index (κ1) is 18.0. The van der Waals surface area contributed by atoms with Crippen molar-refractivity contribution in [3.63, 3.8) is 0 Å². The van der Waals surface area contributed by atoms with E-state index in [1.165, 1.54) is 6.20 Å². The Morgan fingerprint density at radius 2 is 1.83 bits per heavy atom. The second-order valence-electron chi connectivity index (χ2n) is 7.21. The van der Waals surface area contributed by atoms with E-state index >= 15 is 0 Å². The molecule has 0 spiro atoms. The maximum Gasteiger partial charge on any atom is 0.266 e. The largest absolute Gasteiger partial charge is 0.360 e. The molecule has 24 heavy (non-hydrogen) atoms.